The highest BCUT2D eigenvalue weighted by Crippen LogP contribution is 2.90. The monoisotopic (exact) mass is 805 g/mol. The van der Waals surface area contributed by atoms with Crippen LogP contribution in [0.2, 0.25) is 0 Å². The van der Waals surface area contributed by atoms with Gasteiger partial charge >= 0.3 is 0 Å². The number of rotatable bonds is 7. The largest absolute Gasteiger partial charge is 0.310 e. The molecule has 13 rings (SSSR count). The molecular formula is C59H55NSi. The van der Waals surface area contributed by atoms with Gasteiger partial charge in [-0.3, -0.25) is 0 Å². The minimum absolute atomic E-state index is 0.101. The quantitative estimate of drug-likeness (QED) is 0.145. The van der Waals surface area contributed by atoms with E-state index in [0.29, 0.717) is 10.8 Å². The van der Waals surface area contributed by atoms with E-state index in [1.54, 1.807) is 5.56 Å². The van der Waals surface area contributed by atoms with Crippen molar-refractivity contribution in [2.24, 2.45) is 23.2 Å². The van der Waals surface area contributed by atoms with E-state index in [9.17, 15) is 0 Å². The van der Waals surface area contributed by atoms with Crippen LogP contribution < -0.4 is 25.6 Å². The minimum Gasteiger partial charge on any atom is -0.310 e. The molecule has 5 aliphatic carbocycles. The molecule has 7 aromatic rings. The van der Waals surface area contributed by atoms with Crippen molar-refractivity contribution < 1.29 is 0 Å². The van der Waals surface area contributed by atoms with Crippen LogP contribution in [-0.4, -0.2) is 8.07 Å². The summed E-state index contributed by atoms with van der Waals surface area (Å²) < 4.78 is 0. The highest BCUT2D eigenvalue weighted by Gasteiger charge is 2.84. The molecule has 1 nitrogen and oxygen atoms in total. The van der Waals surface area contributed by atoms with Crippen molar-refractivity contribution in [2.45, 2.75) is 82.5 Å². The van der Waals surface area contributed by atoms with Crippen molar-refractivity contribution in [1.29, 1.82) is 0 Å². The van der Waals surface area contributed by atoms with Gasteiger partial charge in [-0.15, -0.1) is 0 Å². The second-order valence-corrected chi connectivity index (χ2v) is 25.0. The van der Waals surface area contributed by atoms with Crippen molar-refractivity contribution in [3.8, 4) is 22.3 Å². The van der Waals surface area contributed by atoms with Crippen LogP contribution in [0.3, 0.4) is 0 Å². The molecule has 0 radical (unpaired) electrons. The first-order chi connectivity index (χ1) is 29.7. The lowest BCUT2D eigenvalue weighted by Crippen LogP contribution is -2.72. The molecule has 5 atom stereocenters. The van der Waals surface area contributed by atoms with Gasteiger partial charge in [0.15, 0.2) is 8.07 Å². The normalized spacial score (nSPS) is 27.0. The predicted molar refractivity (Wildman–Crippen MR) is 258 cm³/mol. The molecule has 0 amide bonds. The zero-order chi connectivity index (χ0) is 40.9. The summed E-state index contributed by atoms with van der Waals surface area (Å²) in [5.74, 6) is 2.72. The lowest BCUT2D eigenvalue weighted by Gasteiger charge is -2.64. The van der Waals surface area contributed by atoms with E-state index in [-0.39, 0.29) is 10.8 Å². The third-order valence-corrected chi connectivity index (χ3v) is 22.4. The van der Waals surface area contributed by atoms with Crippen LogP contribution in [0.1, 0.15) is 82.9 Å². The molecule has 300 valence electrons. The summed E-state index contributed by atoms with van der Waals surface area (Å²) in [7, 11) is -2.70. The fourth-order valence-electron chi connectivity index (χ4n) is 14.9. The summed E-state index contributed by atoms with van der Waals surface area (Å²) in [5, 5.41) is 5.87. The molecule has 1 aliphatic heterocycles. The van der Waals surface area contributed by atoms with E-state index >= 15 is 0 Å². The molecule has 2 heteroatoms. The predicted octanol–water partition coefficient (Wildman–Crippen LogP) is 12.2. The molecule has 61 heavy (non-hydrogen) atoms. The number of para-hydroxylation sites is 1. The van der Waals surface area contributed by atoms with Crippen molar-refractivity contribution in [1.82, 2.24) is 0 Å². The van der Waals surface area contributed by atoms with Crippen LogP contribution in [0, 0.1) is 23.2 Å². The fourth-order valence-corrected chi connectivity index (χ4v) is 20.1. The molecule has 7 aromatic carbocycles. The number of hydrogen-bond acceptors (Lipinski definition) is 1. The Morgan fingerprint density at radius 2 is 1.13 bits per heavy atom. The highest BCUT2D eigenvalue weighted by molar-refractivity contribution is 7.22. The smallest absolute Gasteiger partial charge is 0.180 e. The van der Waals surface area contributed by atoms with E-state index < -0.39 is 8.07 Å². The summed E-state index contributed by atoms with van der Waals surface area (Å²) >= 11 is 0. The van der Waals surface area contributed by atoms with Gasteiger partial charge in [-0.25, -0.2) is 0 Å². The molecule has 4 saturated carbocycles. The standard InChI is InChI=1S/C59H55NSi/c1-56(2)31-32-57(3,4)54-46(24-16-26-50(54)56)39-17-15-18-42(33-39)60(51-27-13-12-25-49(51)59-36-40-35-58(55(40)59)37-41(58)38-59)43-29-30-48-47-23-11-14-28-52(47)61(53(48)34-43,44-19-7-5-8-20-44)45-21-9-6-10-22-45/h5-30,33-34,40-41,55H,31-32,35-38H2,1-4H3/t40-,41+,55?,58?,59?/m0/s1. The summed E-state index contributed by atoms with van der Waals surface area (Å²) in [4.78, 5) is 2.69. The number of hydrogen-bond donors (Lipinski definition) is 0. The topological polar surface area (TPSA) is 3.24 Å². The van der Waals surface area contributed by atoms with Crippen LogP contribution in [0.15, 0.2) is 170 Å². The first-order valence-electron chi connectivity index (χ1n) is 23.2. The minimum atomic E-state index is -2.70. The van der Waals surface area contributed by atoms with Gasteiger partial charge in [0.2, 0.25) is 0 Å². The van der Waals surface area contributed by atoms with E-state index in [1.165, 1.54) is 110 Å². The Morgan fingerprint density at radius 1 is 0.492 bits per heavy atom. The molecule has 3 unspecified atom stereocenters. The molecule has 4 fully saturated rings. The SMILES string of the molecule is CC1(C)CCC(C)(C)c2c(-c3cccc(N(c4ccc5c(c4)[Si](c4ccccc4)(c4ccccc4)c4ccccc4-5)c4ccccc4C45C[C@@H]6CC7(C[C@@H]7C4)C65)c3)cccc21. The number of nitrogens with zero attached hydrogens (tertiary/aromatic N) is 1. The summed E-state index contributed by atoms with van der Waals surface area (Å²) in [6, 6.07) is 66.3. The number of benzene rings is 7. The maximum Gasteiger partial charge on any atom is 0.180 e. The maximum absolute atomic E-state index is 2.70. The first-order valence-corrected chi connectivity index (χ1v) is 25.2. The third-order valence-electron chi connectivity index (χ3n) is 17.5. The van der Waals surface area contributed by atoms with Crippen molar-refractivity contribution in [2.75, 3.05) is 4.90 Å². The lowest BCUT2D eigenvalue weighted by atomic mass is 9.40. The van der Waals surface area contributed by atoms with Crippen molar-refractivity contribution in [3.05, 3.63) is 187 Å². The molecule has 1 spiro atoms. The van der Waals surface area contributed by atoms with Gasteiger partial charge in [0, 0.05) is 22.5 Å². The average molecular weight is 806 g/mol. The summed E-state index contributed by atoms with van der Waals surface area (Å²) in [5.41, 5.74) is 15.2. The van der Waals surface area contributed by atoms with Crippen LogP contribution in [0.4, 0.5) is 17.1 Å². The molecule has 0 N–H and O–H groups in total. The van der Waals surface area contributed by atoms with Crippen LogP contribution in [0.25, 0.3) is 22.3 Å². The Morgan fingerprint density at radius 3 is 1.92 bits per heavy atom. The van der Waals surface area contributed by atoms with Gasteiger partial charge in [-0.2, -0.15) is 0 Å². The lowest BCUT2D eigenvalue weighted by molar-refractivity contribution is -0.101. The molecule has 6 aliphatic rings. The van der Waals surface area contributed by atoms with Gasteiger partial charge in [-0.1, -0.05) is 167 Å². The van der Waals surface area contributed by atoms with Gasteiger partial charge < -0.3 is 4.90 Å². The van der Waals surface area contributed by atoms with E-state index in [1.807, 2.05) is 0 Å². The maximum atomic E-state index is 2.69. The second-order valence-electron chi connectivity index (χ2n) is 21.3. The Bertz CT molecular complexity index is 2890. The van der Waals surface area contributed by atoms with Gasteiger partial charge in [-0.05, 0) is 163 Å². The molecule has 0 saturated heterocycles. The molecular weight excluding hydrogens is 751 g/mol. The van der Waals surface area contributed by atoms with Crippen molar-refractivity contribution in [3.63, 3.8) is 0 Å². The Kier molecular flexibility index (Phi) is 7.34. The van der Waals surface area contributed by atoms with E-state index in [0.717, 1.165) is 17.8 Å². The first kappa shape index (κ1) is 36.2. The van der Waals surface area contributed by atoms with Gasteiger partial charge in [0.1, 0.15) is 0 Å². The van der Waals surface area contributed by atoms with Gasteiger partial charge in [0.05, 0.1) is 0 Å². The summed E-state index contributed by atoms with van der Waals surface area (Å²) in [6.45, 7) is 9.84. The zero-order valence-electron chi connectivity index (χ0n) is 36.1. The average Bonchev–Trinajstić information content (AvgIpc) is 3.89. The Hall–Kier alpha value is -5.44. The Labute approximate surface area is 363 Å². The van der Waals surface area contributed by atoms with Crippen molar-refractivity contribution >= 4 is 45.9 Å². The summed E-state index contributed by atoms with van der Waals surface area (Å²) in [6.07, 6.45) is 8.11. The van der Waals surface area contributed by atoms with Crippen LogP contribution >= 0.6 is 0 Å². The molecule has 0 aromatic heterocycles. The Balaban J connectivity index is 1.06. The zero-order valence-corrected chi connectivity index (χ0v) is 37.1. The van der Waals surface area contributed by atoms with Crippen LogP contribution in [0.5, 0.6) is 0 Å². The molecule has 1 heterocycles. The van der Waals surface area contributed by atoms with Crippen LogP contribution in [-0.2, 0) is 16.2 Å². The van der Waals surface area contributed by atoms with E-state index in [2.05, 4.69) is 202 Å². The van der Waals surface area contributed by atoms with Gasteiger partial charge in [0.25, 0.3) is 0 Å². The second kappa shape index (κ2) is 12.4. The highest BCUT2D eigenvalue weighted by atomic mass is 28.3. The molecule has 0 bridgehead atoms. The fraction of sp³-hybridized carbons (Fsp3) is 0.288. The number of fused-ring (bicyclic) bond motifs is 4. The van der Waals surface area contributed by atoms with E-state index in [4.69, 9.17) is 0 Å². The third kappa shape index (κ3) is 4.73. The number of anilines is 3.